The van der Waals surface area contributed by atoms with Crippen LogP contribution in [0.4, 0.5) is 15.9 Å². The first kappa shape index (κ1) is 15.0. The van der Waals surface area contributed by atoms with Gasteiger partial charge in [0.2, 0.25) is 0 Å². The number of hydrogen-bond acceptors (Lipinski definition) is 4. The van der Waals surface area contributed by atoms with E-state index < -0.39 is 15.8 Å². The van der Waals surface area contributed by atoms with E-state index in [1.54, 1.807) is 0 Å². The first-order valence-electron chi connectivity index (χ1n) is 5.18. The van der Waals surface area contributed by atoms with Gasteiger partial charge in [-0.3, -0.25) is 4.72 Å². The summed E-state index contributed by atoms with van der Waals surface area (Å²) in [5.41, 5.74) is 5.48. The molecule has 0 saturated carbocycles. The second kappa shape index (κ2) is 5.55. The molecule has 0 aliphatic carbocycles. The number of sulfonamides is 1. The van der Waals surface area contributed by atoms with Crippen LogP contribution in [0.25, 0.3) is 0 Å². The SMILES string of the molecule is Nc1cc(S(=O)(=O)Nc2c(Cl)cc(F)cc2Br)ccn1. The van der Waals surface area contributed by atoms with Gasteiger partial charge in [0.05, 0.1) is 15.6 Å². The molecule has 0 unspecified atom stereocenters. The molecule has 0 spiro atoms. The molecular weight excluding hydrogens is 373 g/mol. The van der Waals surface area contributed by atoms with Gasteiger partial charge in [0.1, 0.15) is 11.6 Å². The van der Waals surface area contributed by atoms with Crippen molar-refractivity contribution in [2.75, 3.05) is 10.5 Å². The number of hydrogen-bond donors (Lipinski definition) is 2. The van der Waals surface area contributed by atoms with Crippen LogP contribution in [0, 0.1) is 5.82 Å². The molecule has 1 heterocycles. The fourth-order valence-electron chi connectivity index (χ4n) is 1.43. The highest BCUT2D eigenvalue weighted by Crippen LogP contribution is 2.33. The van der Waals surface area contributed by atoms with Gasteiger partial charge in [-0.05, 0) is 34.1 Å². The Morgan fingerprint density at radius 3 is 2.65 bits per heavy atom. The van der Waals surface area contributed by atoms with Crippen molar-refractivity contribution in [1.82, 2.24) is 4.98 Å². The molecule has 5 nitrogen and oxygen atoms in total. The van der Waals surface area contributed by atoms with Crippen LogP contribution in [0.1, 0.15) is 0 Å². The molecule has 0 atom stereocenters. The van der Waals surface area contributed by atoms with Crippen LogP contribution in [0.5, 0.6) is 0 Å². The fraction of sp³-hybridized carbons (Fsp3) is 0. The largest absolute Gasteiger partial charge is 0.384 e. The molecule has 3 N–H and O–H groups in total. The van der Waals surface area contributed by atoms with Crippen LogP contribution in [-0.4, -0.2) is 13.4 Å². The molecule has 20 heavy (non-hydrogen) atoms. The van der Waals surface area contributed by atoms with Crippen molar-refractivity contribution >= 4 is 49.1 Å². The molecule has 0 aliphatic rings. The van der Waals surface area contributed by atoms with Crippen LogP contribution in [0.3, 0.4) is 0 Å². The highest BCUT2D eigenvalue weighted by Gasteiger charge is 2.18. The van der Waals surface area contributed by atoms with Gasteiger partial charge < -0.3 is 5.73 Å². The third-order valence-corrected chi connectivity index (χ3v) is 4.58. The maximum Gasteiger partial charge on any atom is 0.262 e. The molecule has 106 valence electrons. The lowest BCUT2D eigenvalue weighted by atomic mass is 10.3. The second-order valence-corrected chi connectivity index (χ2v) is 6.71. The highest BCUT2D eigenvalue weighted by atomic mass is 79.9. The van der Waals surface area contributed by atoms with E-state index in [-0.39, 0.29) is 25.9 Å². The minimum absolute atomic E-state index is 0.0449. The molecule has 0 aliphatic heterocycles. The third kappa shape index (κ3) is 3.20. The number of nitrogens with one attached hydrogen (secondary N) is 1. The van der Waals surface area contributed by atoms with Crippen molar-refractivity contribution in [2.24, 2.45) is 0 Å². The maximum atomic E-state index is 13.1. The summed E-state index contributed by atoms with van der Waals surface area (Å²) in [5, 5.41) is -0.0671. The standard InChI is InChI=1S/C11H8BrClFN3O2S/c12-8-3-6(14)4-9(13)11(8)17-20(18,19)7-1-2-16-10(15)5-7/h1-5,17H,(H2,15,16). The van der Waals surface area contributed by atoms with Crippen molar-refractivity contribution in [3.8, 4) is 0 Å². The predicted octanol–water partition coefficient (Wildman–Crippen LogP) is 3.02. The van der Waals surface area contributed by atoms with E-state index in [1.165, 1.54) is 18.3 Å². The Morgan fingerprint density at radius 1 is 1.35 bits per heavy atom. The van der Waals surface area contributed by atoms with Crippen molar-refractivity contribution < 1.29 is 12.8 Å². The first-order chi connectivity index (χ1) is 9.29. The van der Waals surface area contributed by atoms with Crippen molar-refractivity contribution in [2.45, 2.75) is 4.90 Å². The summed E-state index contributed by atoms with van der Waals surface area (Å²) in [6.07, 6.45) is 1.27. The average molecular weight is 381 g/mol. The van der Waals surface area contributed by atoms with Crippen molar-refractivity contribution in [3.05, 3.63) is 45.8 Å². The second-order valence-electron chi connectivity index (χ2n) is 3.77. The molecule has 2 aromatic rings. The Bertz CT molecular complexity index is 747. The normalized spacial score (nSPS) is 11.3. The van der Waals surface area contributed by atoms with E-state index in [9.17, 15) is 12.8 Å². The lowest BCUT2D eigenvalue weighted by molar-refractivity contribution is 0.601. The number of nitrogens with zero attached hydrogens (tertiary/aromatic N) is 1. The van der Waals surface area contributed by atoms with E-state index in [1.807, 2.05) is 0 Å². The average Bonchev–Trinajstić information content (AvgIpc) is 2.34. The molecule has 9 heteroatoms. The van der Waals surface area contributed by atoms with Gasteiger partial charge >= 0.3 is 0 Å². The topological polar surface area (TPSA) is 85.1 Å². The molecular formula is C11H8BrClFN3O2S. The molecule has 1 aromatic carbocycles. The molecule has 2 rings (SSSR count). The lowest BCUT2D eigenvalue weighted by Gasteiger charge is -2.11. The van der Waals surface area contributed by atoms with Gasteiger partial charge in [-0.15, -0.1) is 0 Å². The Labute approximate surface area is 128 Å². The van der Waals surface area contributed by atoms with Crippen molar-refractivity contribution in [3.63, 3.8) is 0 Å². The van der Waals surface area contributed by atoms with Crippen LogP contribution in [0.2, 0.25) is 5.02 Å². The number of halogens is 3. The summed E-state index contributed by atoms with van der Waals surface area (Å²) >= 11 is 8.87. The third-order valence-electron chi connectivity index (χ3n) is 2.31. The van der Waals surface area contributed by atoms with Crippen LogP contribution in [-0.2, 0) is 10.0 Å². The smallest absolute Gasteiger partial charge is 0.262 e. The van der Waals surface area contributed by atoms with E-state index in [4.69, 9.17) is 17.3 Å². The van der Waals surface area contributed by atoms with Gasteiger partial charge in [0, 0.05) is 16.7 Å². The summed E-state index contributed by atoms with van der Waals surface area (Å²) in [6, 6.07) is 4.59. The number of pyridine rings is 1. The fourth-order valence-corrected chi connectivity index (χ4v) is 3.64. The van der Waals surface area contributed by atoms with Gasteiger partial charge in [0.15, 0.2) is 0 Å². The lowest BCUT2D eigenvalue weighted by Crippen LogP contribution is -2.14. The zero-order chi connectivity index (χ0) is 14.9. The quantitative estimate of drug-likeness (QED) is 0.857. The monoisotopic (exact) mass is 379 g/mol. The zero-order valence-electron chi connectivity index (χ0n) is 9.77. The first-order valence-corrected chi connectivity index (χ1v) is 7.84. The van der Waals surface area contributed by atoms with Crippen LogP contribution in [0.15, 0.2) is 39.8 Å². The van der Waals surface area contributed by atoms with Gasteiger partial charge in [-0.25, -0.2) is 17.8 Å². The summed E-state index contributed by atoms with van der Waals surface area (Å²) in [4.78, 5) is 3.64. The molecule has 0 fully saturated rings. The maximum absolute atomic E-state index is 13.1. The van der Waals surface area contributed by atoms with E-state index in [2.05, 4.69) is 25.6 Å². The Morgan fingerprint density at radius 2 is 2.05 bits per heavy atom. The molecule has 0 amide bonds. The number of benzene rings is 1. The Hall–Kier alpha value is -1.38. The van der Waals surface area contributed by atoms with Gasteiger partial charge in [0.25, 0.3) is 10.0 Å². The number of nitrogens with two attached hydrogens (primary N) is 1. The minimum Gasteiger partial charge on any atom is -0.384 e. The van der Waals surface area contributed by atoms with Crippen LogP contribution < -0.4 is 10.5 Å². The Balaban J connectivity index is 2.44. The molecule has 0 saturated heterocycles. The molecule has 1 aromatic heterocycles. The number of rotatable bonds is 3. The van der Waals surface area contributed by atoms with Crippen LogP contribution >= 0.6 is 27.5 Å². The van der Waals surface area contributed by atoms with Gasteiger partial charge in [-0.1, -0.05) is 11.6 Å². The summed E-state index contributed by atoms with van der Waals surface area (Å²) < 4.78 is 39.9. The minimum atomic E-state index is -3.90. The van der Waals surface area contributed by atoms with E-state index >= 15 is 0 Å². The molecule has 0 bridgehead atoms. The van der Waals surface area contributed by atoms with E-state index in [0.717, 1.165) is 12.1 Å². The summed E-state index contributed by atoms with van der Waals surface area (Å²) in [6.45, 7) is 0. The Kier molecular flexibility index (Phi) is 4.17. The summed E-state index contributed by atoms with van der Waals surface area (Å²) in [5.74, 6) is -0.518. The van der Waals surface area contributed by atoms with Crippen molar-refractivity contribution in [1.29, 1.82) is 0 Å². The predicted molar refractivity (Wildman–Crippen MR) is 78.6 cm³/mol. The molecule has 0 radical (unpaired) electrons. The zero-order valence-corrected chi connectivity index (χ0v) is 12.9. The van der Waals surface area contributed by atoms with Gasteiger partial charge in [-0.2, -0.15) is 0 Å². The summed E-state index contributed by atoms with van der Waals surface area (Å²) in [7, 11) is -3.90. The van der Waals surface area contributed by atoms with E-state index in [0.29, 0.717) is 0 Å². The number of nitrogen functional groups attached to an aromatic ring is 1. The number of aromatic nitrogens is 1. The number of anilines is 2. The highest BCUT2D eigenvalue weighted by molar-refractivity contribution is 9.10.